The number of amides is 1. The molecule has 1 amide bonds. The minimum Gasteiger partial charge on any atom is -0.472 e. The molecule has 0 radical (unpaired) electrons. The molecule has 1 aliphatic heterocycles. The van der Waals surface area contributed by atoms with E-state index in [-0.39, 0.29) is 12.0 Å². The first-order valence-corrected chi connectivity index (χ1v) is 8.88. The quantitative estimate of drug-likeness (QED) is 0.776. The van der Waals surface area contributed by atoms with Gasteiger partial charge in [0.15, 0.2) is 0 Å². The molecule has 0 spiro atoms. The summed E-state index contributed by atoms with van der Waals surface area (Å²) in [5, 5.41) is 3.90. The predicted octanol–water partition coefficient (Wildman–Crippen LogP) is 3.42. The molecule has 7 heteroatoms. The molecule has 3 aromatic rings. The second kappa shape index (κ2) is 6.78. The van der Waals surface area contributed by atoms with Gasteiger partial charge in [0.2, 0.25) is 5.88 Å². The molecular formula is C18H17N3O3S. The molecule has 0 unspecified atom stereocenters. The standard InChI is InChI=1S/C18H17N3O3S/c1-11-20-15-9-13(2-3-16(15)25-11)21-18(22)12-4-6-19-17(8-12)24-14-5-7-23-10-14/h2-4,6,8-9,14H,5,7,10H2,1H3,(H,21,22)/t14-/m0/s1. The first-order valence-electron chi connectivity index (χ1n) is 8.06. The van der Waals surface area contributed by atoms with Crippen LogP contribution in [0.25, 0.3) is 10.2 Å². The lowest BCUT2D eigenvalue weighted by molar-refractivity contribution is 0.102. The number of anilines is 1. The molecule has 1 N–H and O–H groups in total. The average Bonchev–Trinajstić information content (AvgIpc) is 3.23. The van der Waals surface area contributed by atoms with Crippen LogP contribution in [-0.4, -0.2) is 35.2 Å². The molecule has 2 aromatic heterocycles. The summed E-state index contributed by atoms with van der Waals surface area (Å²) in [4.78, 5) is 21.1. The number of hydrogen-bond donors (Lipinski definition) is 1. The highest BCUT2D eigenvalue weighted by molar-refractivity contribution is 7.18. The second-order valence-electron chi connectivity index (χ2n) is 5.86. The van der Waals surface area contributed by atoms with E-state index in [1.165, 1.54) is 0 Å². The van der Waals surface area contributed by atoms with Crippen LogP contribution in [0.1, 0.15) is 21.8 Å². The third kappa shape index (κ3) is 3.62. The van der Waals surface area contributed by atoms with Crippen LogP contribution < -0.4 is 10.1 Å². The van der Waals surface area contributed by atoms with Gasteiger partial charge < -0.3 is 14.8 Å². The van der Waals surface area contributed by atoms with E-state index in [1.807, 2.05) is 25.1 Å². The lowest BCUT2D eigenvalue weighted by Gasteiger charge is -2.11. The number of thiazole rings is 1. The van der Waals surface area contributed by atoms with Crippen LogP contribution in [0.4, 0.5) is 5.69 Å². The number of carbonyl (C=O) groups is 1. The monoisotopic (exact) mass is 355 g/mol. The smallest absolute Gasteiger partial charge is 0.255 e. The van der Waals surface area contributed by atoms with E-state index in [4.69, 9.17) is 9.47 Å². The van der Waals surface area contributed by atoms with Gasteiger partial charge in [-0.05, 0) is 31.2 Å². The zero-order valence-corrected chi connectivity index (χ0v) is 14.5. The van der Waals surface area contributed by atoms with Gasteiger partial charge in [0.05, 0.1) is 28.4 Å². The maximum absolute atomic E-state index is 12.5. The van der Waals surface area contributed by atoms with Crippen molar-refractivity contribution in [3.05, 3.63) is 47.1 Å². The molecule has 1 aromatic carbocycles. The van der Waals surface area contributed by atoms with Crippen molar-refractivity contribution in [2.75, 3.05) is 18.5 Å². The normalized spacial score (nSPS) is 16.9. The summed E-state index contributed by atoms with van der Waals surface area (Å²) in [6.07, 6.45) is 2.42. The first kappa shape index (κ1) is 16.0. The molecule has 4 rings (SSSR count). The van der Waals surface area contributed by atoms with Crippen molar-refractivity contribution in [2.24, 2.45) is 0 Å². The molecule has 1 saturated heterocycles. The van der Waals surface area contributed by atoms with Gasteiger partial charge in [-0.1, -0.05) is 0 Å². The Balaban J connectivity index is 1.49. The number of hydrogen-bond acceptors (Lipinski definition) is 6. The van der Waals surface area contributed by atoms with E-state index in [2.05, 4.69) is 15.3 Å². The van der Waals surface area contributed by atoms with Crippen LogP contribution in [0.15, 0.2) is 36.5 Å². The average molecular weight is 355 g/mol. The fraction of sp³-hybridized carbons (Fsp3) is 0.278. The zero-order valence-electron chi connectivity index (χ0n) is 13.7. The van der Waals surface area contributed by atoms with Crippen molar-refractivity contribution in [2.45, 2.75) is 19.4 Å². The lowest BCUT2D eigenvalue weighted by Crippen LogP contribution is -2.17. The fourth-order valence-electron chi connectivity index (χ4n) is 2.72. The molecule has 1 atom stereocenters. The lowest BCUT2D eigenvalue weighted by atomic mass is 10.2. The molecule has 1 aliphatic rings. The Morgan fingerprint density at radius 3 is 3.12 bits per heavy atom. The number of nitrogens with zero attached hydrogens (tertiary/aromatic N) is 2. The largest absolute Gasteiger partial charge is 0.472 e. The van der Waals surface area contributed by atoms with Gasteiger partial charge in [0, 0.05) is 29.9 Å². The summed E-state index contributed by atoms with van der Waals surface area (Å²) in [6, 6.07) is 9.05. The number of carbonyl (C=O) groups excluding carboxylic acids is 1. The van der Waals surface area contributed by atoms with Crippen LogP contribution >= 0.6 is 11.3 Å². The van der Waals surface area contributed by atoms with Gasteiger partial charge in [-0.3, -0.25) is 4.79 Å². The van der Waals surface area contributed by atoms with E-state index in [0.717, 1.165) is 21.6 Å². The topological polar surface area (TPSA) is 73.3 Å². The first-order chi connectivity index (χ1) is 12.2. The number of pyridine rings is 1. The van der Waals surface area contributed by atoms with Crippen molar-refractivity contribution in [1.82, 2.24) is 9.97 Å². The second-order valence-corrected chi connectivity index (χ2v) is 7.09. The van der Waals surface area contributed by atoms with Gasteiger partial charge in [-0.15, -0.1) is 11.3 Å². The van der Waals surface area contributed by atoms with E-state index < -0.39 is 0 Å². The van der Waals surface area contributed by atoms with Gasteiger partial charge in [0.1, 0.15) is 6.10 Å². The molecule has 0 saturated carbocycles. The number of fused-ring (bicyclic) bond motifs is 1. The number of ether oxygens (including phenoxy) is 2. The molecule has 128 valence electrons. The highest BCUT2D eigenvalue weighted by Crippen LogP contribution is 2.25. The Labute approximate surface area is 148 Å². The van der Waals surface area contributed by atoms with Gasteiger partial charge >= 0.3 is 0 Å². The maximum atomic E-state index is 12.5. The zero-order chi connectivity index (χ0) is 17.2. The Morgan fingerprint density at radius 1 is 1.36 bits per heavy atom. The van der Waals surface area contributed by atoms with E-state index >= 15 is 0 Å². The summed E-state index contributed by atoms with van der Waals surface area (Å²) >= 11 is 1.63. The minimum absolute atomic E-state index is 0.00104. The third-order valence-electron chi connectivity index (χ3n) is 3.92. The summed E-state index contributed by atoms with van der Waals surface area (Å²) in [7, 11) is 0. The minimum atomic E-state index is -0.207. The Hall–Kier alpha value is -2.51. The number of aromatic nitrogens is 2. The molecule has 6 nitrogen and oxygen atoms in total. The van der Waals surface area contributed by atoms with Crippen LogP contribution in [0.5, 0.6) is 5.88 Å². The molecule has 1 fully saturated rings. The SMILES string of the molecule is Cc1nc2cc(NC(=O)c3ccnc(O[C@H]4CCOC4)c3)ccc2s1. The Bertz CT molecular complexity index is 919. The van der Waals surface area contributed by atoms with Crippen molar-refractivity contribution in [3.63, 3.8) is 0 Å². The third-order valence-corrected chi connectivity index (χ3v) is 4.88. The number of rotatable bonds is 4. The van der Waals surface area contributed by atoms with Crippen molar-refractivity contribution in [3.8, 4) is 5.88 Å². The molecular weight excluding hydrogens is 338 g/mol. The predicted molar refractivity (Wildman–Crippen MR) is 96.4 cm³/mol. The summed E-state index contributed by atoms with van der Waals surface area (Å²) in [5.41, 5.74) is 2.10. The van der Waals surface area contributed by atoms with Crippen LogP contribution in [-0.2, 0) is 4.74 Å². The highest BCUT2D eigenvalue weighted by Gasteiger charge is 2.18. The molecule has 3 heterocycles. The van der Waals surface area contributed by atoms with Gasteiger partial charge in [-0.25, -0.2) is 9.97 Å². The van der Waals surface area contributed by atoms with Crippen molar-refractivity contribution in [1.29, 1.82) is 0 Å². The van der Waals surface area contributed by atoms with Crippen LogP contribution in [0, 0.1) is 6.92 Å². The molecule has 25 heavy (non-hydrogen) atoms. The van der Waals surface area contributed by atoms with E-state index in [1.54, 1.807) is 29.7 Å². The summed E-state index contributed by atoms with van der Waals surface area (Å²) < 4.78 is 12.1. The molecule has 0 bridgehead atoms. The van der Waals surface area contributed by atoms with Gasteiger partial charge in [0.25, 0.3) is 5.91 Å². The Morgan fingerprint density at radius 2 is 2.28 bits per heavy atom. The van der Waals surface area contributed by atoms with Crippen LogP contribution in [0.2, 0.25) is 0 Å². The molecule has 0 aliphatic carbocycles. The maximum Gasteiger partial charge on any atom is 0.255 e. The van der Waals surface area contributed by atoms with E-state index in [0.29, 0.717) is 30.3 Å². The van der Waals surface area contributed by atoms with E-state index in [9.17, 15) is 4.79 Å². The van der Waals surface area contributed by atoms with Crippen molar-refractivity contribution >= 4 is 33.1 Å². The van der Waals surface area contributed by atoms with Crippen molar-refractivity contribution < 1.29 is 14.3 Å². The highest BCUT2D eigenvalue weighted by atomic mass is 32.1. The summed E-state index contributed by atoms with van der Waals surface area (Å²) in [6.45, 7) is 3.23. The number of benzene rings is 1. The van der Waals surface area contributed by atoms with Gasteiger partial charge in [-0.2, -0.15) is 0 Å². The number of nitrogens with one attached hydrogen (secondary N) is 1. The van der Waals surface area contributed by atoms with Crippen LogP contribution in [0.3, 0.4) is 0 Å². The fourth-order valence-corrected chi connectivity index (χ4v) is 3.52. The Kier molecular flexibility index (Phi) is 4.33. The summed E-state index contributed by atoms with van der Waals surface area (Å²) in [5.74, 6) is 0.231. The number of aryl methyl sites for hydroxylation is 1.